The second-order valence-corrected chi connectivity index (χ2v) is 8.75. The Morgan fingerprint density at radius 2 is 2.00 bits per heavy atom. The Hall–Kier alpha value is -2.12. The molecule has 0 aliphatic carbocycles. The van der Waals surface area contributed by atoms with Gasteiger partial charge in [0.25, 0.3) is 5.91 Å². The predicted molar refractivity (Wildman–Crippen MR) is 116 cm³/mol. The van der Waals surface area contributed by atoms with E-state index in [1.54, 1.807) is 11.3 Å². The van der Waals surface area contributed by atoms with Crippen LogP contribution in [0.25, 0.3) is 0 Å². The number of likely N-dealkylation sites (tertiary alicyclic amines) is 1. The zero-order valence-electron chi connectivity index (χ0n) is 15.8. The van der Waals surface area contributed by atoms with Crippen LogP contribution in [0.4, 0.5) is 0 Å². The van der Waals surface area contributed by atoms with Crippen molar-refractivity contribution in [3.05, 3.63) is 59.5 Å². The number of carbonyl (C=O) groups excluding carboxylic acids is 1. The molecule has 0 radical (unpaired) electrons. The molecule has 28 heavy (non-hydrogen) atoms. The average molecular weight is 414 g/mol. The zero-order valence-corrected chi connectivity index (χ0v) is 17.5. The van der Waals surface area contributed by atoms with E-state index in [2.05, 4.69) is 41.2 Å². The third-order valence-corrected chi connectivity index (χ3v) is 6.63. The van der Waals surface area contributed by atoms with Gasteiger partial charge < -0.3 is 9.32 Å². The minimum Gasteiger partial charge on any atom is -0.463 e. The van der Waals surface area contributed by atoms with Crippen LogP contribution in [-0.2, 0) is 4.79 Å². The smallest absolute Gasteiger partial charge is 0.253 e. The quantitative estimate of drug-likeness (QED) is 0.696. The van der Waals surface area contributed by atoms with Crippen LogP contribution in [0.15, 0.2) is 52.2 Å². The molecule has 4 rings (SSSR count). The van der Waals surface area contributed by atoms with Crippen molar-refractivity contribution < 1.29 is 9.21 Å². The van der Waals surface area contributed by atoms with Gasteiger partial charge in [0.05, 0.1) is 18.1 Å². The molecule has 1 atom stereocenters. The standard InChI is InChI=1S/C21H23N3O2S2/c1-15-6-8-16(9-7-15)18-13-17(19-5-4-12-26-19)22-24(18)20(25)14-28-21(27)23-10-2-3-11-23/h4-9,12,18H,2-3,10-11,13-14H2,1H3. The minimum atomic E-state index is -0.117. The van der Waals surface area contributed by atoms with Gasteiger partial charge in [0.1, 0.15) is 15.8 Å². The number of thiocarbonyl (C=S) groups is 1. The molecule has 1 aromatic heterocycles. The lowest BCUT2D eigenvalue weighted by Crippen LogP contribution is -2.30. The lowest BCUT2D eigenvalue weighted by molar-refractivity contribution is -0.130. The lowest BCUT2D eigenvalue weighted by Gasteiger charge is -2.23. The van der Waals surface area contributed by atoms with Gasteiger partial charge >= 0.3 is 0 Å². The van der Waals surface area contributed by atoms with Gasteiger partial charge in [-0.05, 0) is 37.5 Å². The summed E-state index contributed by atoms with van der Waals surface area (Å²) in [5.74, 6) is 0.985. The first kappa shape index (κ1) is 19.2. The summed E-state index contributed by atoms with van der Waals surface area (Å²) in [6.07, 6.45) is 4.62. The Kier molecular flexibility index (Phi) is 5.82. The molecule has 2 aliphatic rings. The van der Waals surface area contributed by atoms with E-state index in [4.69, 9.17) is 16.6 Å². The van der Waals surface area contributed by atoms with Gasteiger partial charge in [0.2, 0.25) is 0 Å². The van der Waals surface area contributed by atoms with Gasteiger partial charge in [0, 0.05) is 19.5 Å². The maximum absolute atomic E-state index is 13.0. The van der Waals surface area contributed by atoms with E-state index in [-0.39, 0.29) is 11.9 Å². The molecule has 146 valence electrons. The van der Waals surface area contributed by atoms with Crippen LogP contribution in [0.1, 0.15) is 42.2 Å². The van der Waals surface area contributed by atoms with Crippen LogP contribution in [0, 0.1) is 6.92 Å². The van der Waals surface area contributed by atoms with Crippen LogP contribution in [-0.4, -0.2) is 44.7 Å². The number of hydrogen-bond donors (Lipinski definition) is 0. The molecule has 0 bridgehead atoms. The van der Waals surface area contributed by atoms with E-state index in [9.17, 15) is 4.79 Å². The van der Waals surface area contributed by atoms with E-state index in [1.165, 1.54) is 30.2 Å². The first-order valence-corrected chi connectivity index (χ1v) is 10.9. The van der Waals surface area contributed by atoms with Gasteiger partial charge in [-0.25, -0.2) is 5.01 Å². The molecule has 1 aromatic carbocycles. The molecule has 1 saturated heterocycles. The third-order valence-electron chi connectivity index (χ3n) is 5.12. The highest BCUT2D eigenvalue weighted by Crippen LogP contribution is 2.33. The van der Waals surface area contributed by atoms with E-state index < -0.39 is 0 Å². The van der Waals surface area contributed by atoms with Crippen molar-refractivity contribution in [3.8, 4) is 0 Å². The number of hydrazone groups is 1. The number of amides is 1. The van der Waals surface area contributed by atoms with Crippen molar-refractivity contribution in [1.29, 1.82) is 0 Å². The monoisotopic (exact) mass is 413 g/mol. The number of carbonyl (C=O) groups is 1. The molecule has 0 spiro atoms. The van der Waals surface area contributed by atoms with Gasteiger partial charge in [-0.3, -0.25) is 4.79 Å². The largest absolute Gasteiger partial charge is 0.463 e. The van der Waals surface area contributed by atoms with E-state index in [0.29, 0.717) is 17.9 Å². The first-order valence-electron chi connectivity index (χ1n) is 9.53. The molecular weight excluding hydrogens is 390 g/mol. The van der Waals surface area contributed by atoms with E-state index in [1.807, 2.05) is 12.1 Å². The average Bonchev–Trinajstić information content (AvgIpc) is 3.47. The zero-order chi connectivity index (χ0) is 19.5. The van der Waals surface area contributed by atoms with Crippen molar-refractivity contribution in [2.75, 3.05) is 18.8 Å². The lowest BCUT2D eigenvalue weighted by atomic mass is 10.00. The fourth-order valence-electron chi connectivity index (χ4n) is 3.56. The molecule has 7 heteroatoms. The topological polar surface area (TPSA) is 49.1 Å². The summed E-state index contributed by atoms with van der Waals surface area (Å²) >= 11 is 6.94. The van der Waals surface area contributed by atoms with Gasteiger partial charge in [-0.15, -0.1) is 0 Å². The van der Waals surface area contributed by atoms with E-state index >= 15 is 0 Å². The number of nitrogens with zero attached hydrogens (tertiary/aromatic N) is 3. The summed E-state index contributed by atoms with van der Waals surface area (Å²) in [6.45, 7) is 4.05. The molecule has 1 amide bonds. The molecule has 2 aromatic rings. The number of rotatable bonds is 4. The minimum absolute atomic E-state index is 0.0290. The molecule has 0 N–H and O–H groups in total. The summed E-state index contributed by atoms with van der Waals surface area (Å²) in [6, 6.07) is 11.9. The Labute approximate surface area is 174 Å². The summed E-state index contributed by atoms with van der Waals surface area (Å²) in [5.41, 5.74) is 3.07. The van der Waals surface area contributed by atoms with Crippen molar-refractivity contribution in [1.82, 2.24) is 9.91 Å². The summed E-state index contributed by atoms with van der Waals surface area (Å²) in [7, 11) is 0. The maximum Gasteiger partial charge on any atom is 0.253 e. The summed E-state index contributed by atoms with van der Waals surface area (Å²) in [4.78, 5) is 15.2. The fraction of sp³-hybridized carbons (Fsp3) is 0.381. The van der Waals surface area contributed by atoms with Crippen LogP contribution >= 0.6 is 24.0 Å². The van der Waals surface area contributed by atoms with Crippen molar-refractivity contribution in [2.24, 2.45) is 5.10 Å². The van der Waals surface area contributed by atoms with Crippen LogP contribution in [0.5, 0.6) is 0 Å². The van der Waals surface area contributed by atoms with Gasteiger partial charge in [-0.2, -0.15) is 5.10 Å². The number of hydrogen-bond acceptors (Lipinski definition) is 5. The molecule has 5 nitrogen and oxygen atoms in total. The highest BCUT2D eigenvalue weighted by molar-refractivity contribution is 8.23. The van der Waals surface area contributed by atoms with E-state index in [0.717, 1.165) is 28.7 Å². The number of aryl methyl sites for hydroxylation is 1. The Morgan fingerprint density at radius 1 is 1.25 bits per heavy atom. The number of furan rings is 1. The Bertz CT molecular complexity index is 872. The fourth-order valence-corrected chi connectivity index (χ4v) is 4.66. The van der Waals surface area contributed by atoms with Gasteiger partial charge in [0.15, 0.2) is 0 Å². The molecule has 3 heterocycles. The molecular formula is C21H23N3O2S2. The highest BCUT2D eigenvalue weighted by Gasteiger charge is 2.34. The molecule has 1 unspecified atom stereocenters. The highest BCUT2D eigenvalue weighted by atomic mass is 32.2. The van der Waals surface area contributed by atoms with Crippen LogP contribution < -0.4 is 0 Å². The molecule has 1 fully saturated rings. The second-order valence-electron chi connectivity index (χ2n) is 7.14. The third kappa shape index (κ3) is 4.15. The van der Waals surface area contributed by atoms with Crippen LogP contribution in [0.3, 0.4) is 0 Å². The molecule has 0 saturated carbocycles. The Balaban J connectivity index is 1.50. The molecule has 2 aliphatic heterocycles. The second kappa shape index (κ2) is 8.49. The van der Waals surface area contributed by atoms with Crippen LogP contribution in [0.2, 0.25) is 0 Å². The number of thioether (sulfide) groups is 1. The maximum atomic E-state index is 13.0. The first-order chi connectivity index (χ1) is 13.6. The Morgan fingerprint density at radius 3 is 2.68 bits per heavy atom. The number of benzene rings is 1. The SMILES string of the molecule is Cc1ccc(C2CC(c3ccco3)=NN2C(=O)CSC(=S)N2CCCC2)cc1. The van der Waals surface area contributed by atoms with Gasteiger partial charge in [-0.1, -0.05) is 53.8 Å². The van der Waals surface area contributed by atoms with Crippen molar-refractivity contribution in [3.63, 3.8) is 0 Å². The normalized spacial score (nSPS) is 19.2. The van der Waals surface area contributed by atoms with Crippen molar-refractivity contribution >= 4 is 39.9 Å². The predicted octanol–water partition coefficient (Wildman–Crippen LogP) is 4.38. The summed E-state index contributed by atoms with van der Waals surface area (Å²) in [5, 5.41) is 6.24. The van der Waals surface area contributed by atoms with Crippen molar-refractivity contribution in [2.45, 2.75) is 32.2 Å². The summed E-state index contributed by atoms with van der Waals surface area (Å²) < 4.78 is 6.33.